The molecule has 2 rings (SSSR count). The maximum absolute atomic E-state index is 2.61. The number of rotatable bonds is 14. The van der Waals surface area contributed by atoms with Crippen molar-refractivity contribution in [1.29, 1.82) is 0 Å². The predicted octanol–water partition coefficient (Wildman–Crippen LogP) is 15.2. The van der Waals surface area contributed by atoms with E-state index in [0.717, 1.165) is 0 Å². The van der Waals surface area contributed by atoms with Crippen LogP contribution in [0.2, 0.25) is 118 Å². The molecule has 0 aromatic heterocycles. The van der Waals surface area contributed by atoms with Gasteiger partial charge in [0.15, 0.2) is 0 Å². The average Bonchev–Trinajstić information content (AvgIpc) is 2.94. The first-order chi connectivity index (χ1) is 25.6. The summed E-state index contributed by atoms with van der Waals surface area (Å²) < 4.78 is 3.78. The Kier molecular flexibility index (Phi) is 24.3. The SMILES string of the molecule is CC(C)c1cc(C(C)C)[c]([Pb]=[Pb][c]2c(C(C)C)cc(C(C)C)cc2C(C)C)c(C(C)C)c1.C[Si](C)(C)[Si]([Si](C)(C)C)[Si](C)(C)C.C[Si](C)(C)[Si]([Si](C)(C)C)[Si](C)(C)C. The summed E-state index contributed by atoms with van der Waals surface area (Å²) in [4.78, 5) is 0. The van der Waals surface area contributed by atoms with Gasteiger partial charge in [0.2, 0.25) is 0 Å². The third-order valence-electron chi connectivity index (χ3n) is 11.1. The van der Waals surface area contributed by atoms with Crippen LogP contribution in [-0.4, -0.2) is 96.9 Å². The second-order valence-electron chi connectivity index (χ2n) is 25.6. The van der Waals surface area contributed by atoms with Gasteiger partial charge in [-0.1, -0.05) is 118 Å². The van der Waals surface area contributed by atoms with Crippen LogP contribution in [0.25, 0.3) is 0 Å². The molecule has 0 atom stereocenters. The molecule has 10 heteroatoms. The molecular weight excluding hydrogens is 1220 g/mol. The van der Waals surface area contributed by atoms with Crippen molar-refractivity contribution in [3.8, 4) is 0 Å². The van der Waals surface area contributed by atoms with E-state index in [1.165, 1.54) is 0 Å². The molecule has 0 heterocycles. The van der Waals surface area contributed by atoms with E-state index in [4.69, 9.17) is 0 Å². The van der Waals surface area contributed by atoms with Crippen LogP contribution in [0.1, 0.15) is 152 Å². The van der Waals surface area contributed by atoms with Gasteiger partial charge in [0.05, 0.1) is 0 Å². The zero-order chi connectivity index (χ0) is 46.5. The second-order valence-corrected chi connectivity index (χ2v) is 122. The van der Waals surface area contributed by atoms with Gasteiger partial charge in [-0.15, -0.1) is 0 Å². The van der Waals surface area contributed by atoms with Crippen LogP contribution in [-0.2, 0) is 0 Å². The van der Waals surface area contributed by atoms with Gasteiger partial charge < -0.3 is 0 Å². The third-order valence-corrected chi connectivity index (χ3v) is 156. The Morgan fingerprint density at radius 3 is 0.534 bits per heavy atom. The van der Waals surface area contributed by atoms with Gasteiger partial charge in [-0.3, -0.25) is 0 Å². The minimum absolute atomic E-state index is 0.0255. The molecule has 4 radical (unpaired) electrons. The zero-order valence-electron chi connectivity index (χ0n) is 44.8. The molecule has 0 amide bonds. The molecule has 0 unspecified atom stereocenters. The first-order valence-electron chi connectivity index (χ1n) is 23.2. The Balaban J connectivity index is 0.00000103. The summed E-state index contributed by atoms with van der Waals surface area (Å²) in [7, 11) is -4.94. The van der Waals surface area contributed by atoms with Crippen molar-refractivity contribution in [1.82, 2.24) is 0 Å². The monoisotopic (exact) mass is 1320 g/mol. The predicted molar refractivity (Wildman–Crippen MR) is 300 cm³/mol. The van der Waals surface area contributed by atoms with Crippen LogP contribution in [0.15, 0.2) is 24.3 Å². The van der Waals surface area contributed by atoms with Crippen molar-refractivity contribution in [2.24, 2.45) is 0 Å². The smallest absolute Gasteiger partial charge is 0.0306 e. The molecule has 58 heavy (non-hydrogen) atoms. The summed E-state index contributed by atoms with van der Waals surface area (Å²) in [5, 5.41) is 0. The van der Waals surface area contributed by atoms with E-state index in [2.05, 4.69) is 225 Å². The fraction of sp³-hybridized carbons (Fsp3) is 0.750. The Labute approximate surface area is 392 Å². The summed E-state index contributed by atoms with van der Waals surface area (Å²) in [5.74, 6) is 3.76. The fourth-order valence-electron chi connectivity index (χ4n) is 11.1. The molecule has 0 N–H and O–H groups in total. The molecule has 332 valence electrons. The van der Waals surface area contributed by atoms with Gasteiger partial charge in [0.25, 0.3) is 0 Å². The quantitative estimate of drug-likeness (QED) is 0.165. The fourth-order valence-corrected chi connectivity index (χ4v) is 224. The molecule has 2 aromatic rings. The normalized spacial score (nSPS) is 13.8. The molecule has 2 aromatic carbocycles. The van der Waals surface area contributed by atoms with Crippen molar-refractivity contribution in [3.05, 3.63) is 57.6 Å². The van der Waals surface area contributed by atoms with Crippen LogP contribution < -0.4 is 6.25 Å². The van der Waals surface area contributed by atoms with E-state index in [0.29, 0.717) is 35.5 Å². The van der Waals surface area contributed by atoms with E-state index in [1.807, 2.05) is 6.25 Å². The molecular formula is C48H100Pb2Si8. The summed E-state index contributed by atoms with van der Waals surface area (Å²) >= 11 is -1.73. The van der Waals surface area contributed by atoms with Crippen molar-refractivity contribution < 1.29 is 0 Å². The van der Waals surface area contributed by atoms with Crippen molar-refractivity contribution in [2.75, 3.05) is 0 Å². The van der Waals surface area contributed by atoms with E-state index in [-0.39, 0.29) is 14.7 Å². The zero-order valence-corrected chi connectivity index (χ0v) is 60.5. The minimum atomic E-state index is -0.866. The maximum atomic E-state index is 2.61. The van der Waals surface area contributed by atoms with Crippen LogP contribution in [0.4, 0.5) is 0 Å². The van der Waals surface area contributed by atoms with E-state index in [1.54, 1.807) is 33.4 Å². The summed E-state index contributed by atoms with van der Waals surface area (Å²) in [5.41, 5.74) is 9.90. The maximum Gasteiger partial charge on any atom is 0.0306 e. The van der Waals surface area contributed by atoms with Crippen molar-refractivity contribution in [3.63, 3.8) is 0 Å². The van der Waals surface area contributed by atoms with Crippen LogP contribution >= 0.6 is 0 Å². The Hall–Kier alpha value is 2.02. The Bertz CT molecular complexity index is 1350. The third kappa shape index (κ3) is 19.2. The molecule has 0 nitrogen and oxygen atoms in total. The van der Waals surface area contributed by atoms with Gasteiger partial charge in [-0.2, -0.15) is 0 Å². The molecule has 0 fully saturated rings. The Morgan fingerprint density at radius 2 is 0.448 bits per heavy atom. The minimum Gasteiger partial charge on any atom is -0.0721 e. The van der Waals surface area contributed by atoms with E-state index >= 15 is 0 Å². The average molecular weight is 1320 g/mol. The second kappa shape index (κ2) is 23.5. The first kappa shape index (κ1) is 60.0. The molecule has 0 saturated heterocycles. The molecule has 0 spiro atoms. The van der Waals surface area contributed by atoms with Gasteiger partial charge in [-0.25, -0.2) is 0 Å². The van der Waals surface area contributed by atoms with Gasteiger partial charge in [-0.05, 0) is 0 Å². The van der Waals surface area contributed by atoms with Crippen LogP contribution in [0.5, 0.6) is 0 Å². The Morgan fingerprint density at radius 1 is 0.293 bits per heavy atom. The van der Waals surface area contributed by atoms with Gasteiger partial charge in [0.1, 0.15) is 0 Å². The van der Waals surface area contributed by atoms with Crippen LogP contribution in [0.3, 0.4) is 0 Å². The number of hydrogen-bond acceptors (Lipinski definition) is 0. The number of hydrogen-bond donors (Lipinski definition) is 0. The largest absolute Gasteiger partial charge is 0.0721 e. The summed E-state index contributed by atoms with van der Waals surface area (Å²) in [6.45, 7) is 75.7. The molecule has 0 aliphatic carbocycles. The summed E-state index contributed by atoms with van der Waals surface area (Å²) in [6.07, 6.45) is 0. The number of benzene rings is 2. The van der Waals surface area contributed by atoms with Crippen molar-refractivity contribution in [2.45, 2.75) is 236 Å². The molecule has 0 aliphatic heterocycles. The standard InChI is InChI=1S/2C15H23.2C9H27Si4.2Pb/c2*1-10(2)13-7-14(11(3)4)9-15(8-13)12(5)6;2*1-11(2,3)10(12(4,5)6)13(7,8)9;;/h2*7-8,10-12H,1-6H3;2*1-9H3;;. The van der Waals surface area contributed by atoms with Gasteiger partial charge >= 0.3 is 219 Å². The molecule has 0 aliphatic rings. The first-order valence-corrected chi connectivity index (χ1v) is 76.1. The molecule has 0 saturated carbocycles. The molecule has 0 bridgehead atoms. The summed E-state index contributed by atoms with van der Waals surface area (Å²) in [6, 6.07) is 10.3. The van der Waals surface area contributed by atoms with E-state index in [9.17, 15) is 0 Å². The van der Waals surface area contributed by atoms with E-state index < -0.39 is 82.2 Å². The van der Waals surface area contributed by atoms with Crippen molar-refractivity contribution >= 4 is 103 Å². The topological polar surface area (TPSA) is 0 Å². The van der Waals surface area contributed by atoms with Gasteiger partial charge in [0, 0.05) is 60.2 Å². The van der Waals surface area contributed by atoms with Crippen LogP contribution in [0, 0.1) is 0 Å².